The molecule has 2 aromatic carbocycles. The lowest BCUT2D eigenvalue weighted by Gasteiger charge is -2.30. The summed E-state index contributed by atoms with van der Waals surface area (Å²) in [5.74, 6) is -2.80. The van der Waals surface area contributed by atoms with Gasteiger partial charge in [0.15, 0.2) is 5.41 Å². The molecule has 1 aliphatic rings. The first-order valence-corrected chi connectivity index (χ1v) is 20.8. The van der Waals surface area contributed by atoms with Crippen LogP contribution in [0.1, 0.15) is 172 Å². The van der Waals surface area contributed by atoms with Crippen molar-refractivity contribution < 1.29 is 38.3 Å². The molecule has 0 aliphatic carbocycles. The van der Waals surface area contributed by atoms with E-state index in [2.05, 4.69) is 6.92 Å². The molecule has 1 aliphatic heterocycles. The highest BCUT2D eigenvalue weighted by atomic mass is 16.7. The smallest absolute Gasteiger partial charge is 0.350 e. The van der Waals surface area contributed by atoms with Crippen molar-refractivity contribution in [3.8, 4) is 0 Å². The number of benzene rings is 2. The maximum atomic E-state index is 14.0. The molecule has 0 saturated carbocycles. The second kappa shape index (κ2) is 26.7. The van der Waals surface area contributed by atoms with E-state index in [9.17, 15) is 24.0 Å². The number of hydroxylamine groups is 2. The molecule has 0 bridgehead atoms. The van der Waals surface area contributed by atoms with Crippen molar-refractivity contribution >= 4 is 29.7 Å². The number of unbranched alkanes of at least 4 members (excludes halogenated alkanes) is 17. The number of carbonyl (C=O) groups is 5. The average molecular weight is 748 g/mol. The average Bonchev–Trinajstić information content (AvgIpc) is 3.51. The maximum absolute atomic E-state index is 14.0. The van der Waals surface area contributed by atoms with Crippen LogP contribution in [0, 0.1) is 5.41 Å². The highest BCUT2D eigenvalue weighted by Gasteiger charge is 2.50. The second-order valence-electron chi connectivity index (χ2n) is 14.9. The fraction of sp³-hybridized carbons (Fsp3) is 0.622. The summed E-state index contributed by atoms with van der Waals surface area (Å²) < 4.78 is 11.2. The Morgan fingerprint density at radius 2 is 0.944 bits per heavy atom. The van der Waals surface area contributed by atoms with Crippen LogP contribution < -0.4 is 0 Å². The predicted octanol–water partition coefficient (Wildman–Crippen LogP) is 10.7. The van der Waals surface area contributed by atoms with Gasteiger partial charge in [-0.2, -0.15) is 0 Å². The first kappa shape index (κ1) is 44.4. The quantitative estimate of drug-likeness (QED) is 0.0336. The number of hydrogen-bond acceptors (Lipinski definition) is 8. The Kier molecular flexibility index (Phi) is 22.0. The molecule has 0 spiro atoms. The van der Waals surface area contributed by atoms with Gasteiger partial charge < -0.3 is 14.3 Å². The first-order valence-electron chi connectivity index (χ1n) is 20.8. The summed E-state index contributed by atoms with van der Waals surface area (Å²) >= 11 is 0. The first-order chi connectivity index (χ1) is 26.4. The normalized spacial score (nSPS) is 13.8. The van der Waals surface area contributed by atoms with Gasteiger partial charge in [-0.15, -0.1) is 5.06 Å². The molecule has 2 amide bonds. The number of hydrogen-bond donors (Lipinski definition) is 0. The second-order valence-corrected chi connectivity index (χ2v) is 14.9. The third kappa shape index (κ3) is 17.0. The lowest BCUT2D eigenvalue weighted by molar-refractivity contribution is -0.210. The van der Waals surface area contributed by atoms with Crippen LogP contribution in [0.5, 0.6) is 0 Å². The standard InChI is InChI=1S/C45H65NO8/c1-2-3-4-5-6-10-13-16-25-34-45(43(50)53-37-39-29-22-19-23-30-39,44(51)54-46-40(47)32-33-41(46)48)35-26-17-14-11-8-7-9-12-15-24-31-42(49)52-36-38-27-20-18-21-28-38/h18-23,27-30H,2-17,24-26,31-37H2,1H3. The molecule has 1 atom stereocenters. The molecule has 298 valence electrons. The molecule has 1 unspecified atom stereocenters. The van der Waals surface area contributed by atoms with E-state index < -0.39 is 29.2 Å². The Balaban J connectivity index is 1.46. The van der Waals surface area contributed by atoms with Gasteiger partial charge in [0.05, 0.1) is 0 Å². The number of esters is 2. The predicted molar refractivity (Wildman–Crippen MR) is 209 cm³/mol. The lowest BCUT2D eigenvalue weighted by Crippen LogP contribution is -2.46. The molecule has 1 heterocycles. The van der Waals surface area contributed by atoms with Crippen molar-refractivity contribution in [3.05, 3.63) is 71.8 Å². The van der Waals surface area contributed by atoms with Gasteiger partial charge in [-0.25, -0.2) is 4.79 Å². The van der Waals surface area contributed by atoms with Gasteiger partial charge in [0.1, 0.15) is 13.2 Å². The third-order valence-electron chi connectivity index (χ3n) is 10.4. The van der Waals surface area contributed by atoms with Crippen LogP contribution in [0.25, 0.3) is 0 Å². The number of imide groups is 1. The van der Waals surface area contributed by atoms with Crippen LogP contribution in [0.15, 0.2) is 60.7 Å². The van der Waals surface area contributed by atoms with E-state index in [1.807, 2.05) is 60.7 Å². The van der Waals surface area contributed by atoms with Gasteiger partial charge in [0.25, 0.3) is 11.8 Å². The van der Waals surface area contributed by atoms with Crippen molar-refractivity contribution in [1.29, 1.82) is 0 Å². The Bertz CT molecular complexity index is 1360. The van der Waals surface area contributed by atoms with Crippen molar-refractivity contribution in [1.82, 2.24) is 5.06 Å². The zero-order valence-electron chi connectivity index (χ0n) is 32.9. The Hall–Kier alpha value is -4.01. The minimum Gasteiger partial charge on any atom is -0.461 e. The molecule has 0 radical (unpaired) electrons. The van der Waals surface area contributed by atoms with Crippen molar-refractivity contribution in [2.24, 2.45) is 5.41 Å². The molecular formula is C45H65NO8. The largest absolute Gasteiger partial charge is 0.461 e. The molecule has 0 N–H and O–H groups in total. The van der Waals surface area contributed by atoms with E-state index in [0.29, 0.717) is 30.9 Å². The van der Waals surface area contributed by atoms with Crippen LogP contribution in [0.4, 0.5) is 0 Å². The molecule has 2 aromatic rings. The van der Waals surface area contributed by atoms with Gasteiger partial charge in [-0.3, -0.25) is 19.2 Å². The van der Waals surface area contributed by atoms with Crippen LogP contribution in [0.2, 0.25) is 0 Å². The van der Waals surface area contributed by atoms with E-state index in [-0.39, 0.29) is 38.3 Å². The zero-order valence-corrected chi connectivity index (χ0v) is 32.9. The van der Waals surface area contributed by atoms with E-state index in [0.717, 1.165) is 88.2 Å². The highest BCUT2D eigenvalue weighted by Crippen LogP contribution is 2.37. The molecule has 9 heteroatoms. The van der Waals surface area contributed by atoms with E-state index >= 15 is 0 Å². The number of amides is 2. The number of carbonyl (C=O) groups excluding carboxylic acids is 5. The summed E-state index contributed by atoms with van der Waals surface area (Å²) in [6.07, 6.45) is 20.4. The highest BCUT2D eigenvalue weighted by molar-refractivity contribution is 6.04. The molecule has 0 aromatic heterocycles. The van der Waals surface area contributed by atoms with Gasteiger partial charge in [-0.1, -0.05) is 183 Å². The Morgan fingerprint density at radius 1 is 0.537 bits per heavy atom. The Morgan fingerprint density at radius 3 is 1.41 bits per heavy atom. The molecule has 54 heavy (non-hydrogen) atoms. The third-order valence-corrected chi connectivity index (χ3v) is 10.4. The summed E-state index contributed by atoms with van der Waals surface area (Å²) in [7, 11) is 0. The number of nitrogens with zero attached hydrogens (tertiary/aromatic N) is 1. The number of ether oxygens (including phenoxy) is 2. The van der Waals surface area contributed by atoms with Crippen LogP contribution in [0.3, 0.4) is 0 Å². The van der Waals surface area contributed by atoms with Crippen molar-refractivity contribution in [2.75, 3.05) is 0 Å². The summed E-state index contributed by atoms with van der Waals surface area (Å²) in [6, 6.07) is 19.0. The van der Waals surface area contributed by atoms with Gasteiger partial charge in [-0.05, 0) is 30.4 Å². The maximum Gasteiger partial charge on any atom is 0.350 e. The van der Waals surface area contributed by atoms with Gasteiger partial charge >= 0.3 is 17.9 Å². The minimum atomic E-state index is -1.60. The number of rotatable bonds is 30. The topological polar surface area (TPSA) is 116 Å². The van der Waals surface area contributed by atoms with Crippen LogP contribution in [-0.2, 0) is 51.5 Å². The van der Waals surface area contributed by atoms with Gasteiger partial charge in [0.2, 0.25) is 0 Å². The summed E-state index contributed by atoms with van der Waals surface area (Å²) in [5, 5.41) is 0.551. The van der Waals surface area contributed by atoms with Crippen LogP contribution in [-0.4, -0.2) is 34.8 Å². The van der Waals surface area contributed by atoms with Crippen molar-refractivity contribution in [3.63, 3.8) is 0 Å². The Labute approximate surface area is 323 Å². The van der Waals surface area contributed by atoms with E-state index in [1.54, 1.807) is 0 Å². The summed E-state index contributed by atoms with van der Waals surface area (Å²) in [4.78, 5) is 70.3. The molecular weight excluding hydrogens is 682 g/mol. The fourth-order valence-corrected chi connectivity index (χ4v) is 6.96. The molecule has 9 nitrogen and oxygen atoms in total. The van der Waals surface area contributed by atoms with Gasteiger partial charge in [0, 0.05) is 19.3 Å². The van der Waals surface area contributed by atoms with E-state index in [4.69, 9.17) is 14.3 Å². The molecule has 1 fully saturated rings. The molecule has 1 saturated heterocycles. The van der Waals surface area contributed by atoms with Crippen molar-refractivity contribution in [2.45, 2.75) is 174 Å². The zero-order chi connectivity index (χ0) is 38.7. The molecule has 3 rings (SSSR count). The monoisotopic (exact) mass is 747 g/mol. The van der Waals surface area contributed by atoms with Crippen LogP contribution >= 0.6 is 0 Å². The summed E-state index contributed by atoms with van der Waals surface area (Å²) in [5.41, 5.74) is 0.200. The fourth-order valence-electron chi connectivity index (χ4n) is 6.96. The lowest BCUT2D eigenvalue weighted by atomic mass is 9.77. The minimum absolute atomic E-state index is 0.0142. The SMILES string of the molecule is CCCCCCCCCCCC(CCCCCCCCCCCCC(=O)OCc1ccccc1)(C(=O)OCc1ccccc1)C(=O)ON1C(=O)CCC1=O. The summed E-state index contributed by atoms with van der Waals surface area (Å²) in [6.45, 7) is 2.55. The van der Waals surface area contributed by atoms with E-state index in [1.165, 1.54) is 32.1 Å².